The summed E-state index contributed by atoms with van der Waals surface area (Å²) in [5.74, 6) is 0.898. The minimum atomic E-state index is -0.289. The highest BCUT2D eigenvalue weighted by Crippen LogP contribution is 2.38. The van der Waals surface area contributed by atoms with Crippen molar-refractivity contribution in [2.75, 3.05) is 50.0 Å². The molecule has 2 aromatic heterocycles. The molecule has 1 aliphatic carbocycles. The van der Waals surface area contributed by atoms with Crippen molar-refractivity contribution in [3.05, 3.63) is 41.0 Å². The lowest BCUT2D eigenvalue weighted by atomic mass is 10.0. The maximum atomic E-state index is 10.4. The molecule has 0 amide bonds. The molecular formula is C24H30N6OS. The molecule has 3 aromatic rings. The van der Waals surface area contributed by atoms with Gasteiger partial charge in [-0.15, -0.1) is 11.3 Å². The van der Waals surface area contributed by atoms with E-state index in [0.29, 0.717) is 6.54 Å². The Balaban J connectivity index is 1.37. The van der Waals surface area contributed by atoms with Crippen molar-refractivity contribution in [1.82, 2.24) is 20.2 Å². The highest BCUT2D eigenvalue weighted by molar-refractivity contribution is 7.14. The summed E-state index contributed by atoms with van der Waals surface area (Å²) in [6.07, 6.45) is 2.65. The molecule has 32 heavy (non-hydrogen) atoms. The van der Waals surface area contributed by atoms with Gasteiger partial charge in [-0.25, -0.2) is 4.98 Å². The molecule has 1 aromatic carbocycles. The van der Waals surface area contributed by atoms with E-state index >= 15 is 0 Å². The number of aromatic amines is 1. The summed E-state index contributed by atoms with van der Waals surface area (Å²) in [6.45, 7) is 5.00. The van der Waals surface area contributed by atoms with Gasteiger partial charge in [-0.3, -0.25) is 0 Å². The van der Waals surface area contributed by atoms with Gasteiger partial charge in [0.25, 0.3) is 0 Å². The summed E-state index contributed by atoms with van der Waals surface area (Å²) >= 11 is 1.72. The van der Waals surface area contributed by atoms with Crippen LogP contribution in [0.25, 0.3) is 22.3 Å². The van der Waals surface area contributed by atoms with Gasteiger partial charge in [0.2, 0.25) is 0 Å². The predicted molar refractivity (Wildman–Crippen MR) is 132 cm³/mol. The van der Waals surface area contributed by atoms with Crippen molar-refractivity contribution in [2.45, 2.75) is 31.4 Å². The van der Waals surface area contributed by atoms with Gasteiger partial charge in [0, 0.05) is 49.5 Å². The fourth-order valence-electron chi connectivity index (χ4n) is 5.13. The molecule has 0 unspecified atom stereocenters. The molecule has 168 valence electrons. The molecule has 2 fully saturated rings. The number of rotatable bonds is 4. The average molecular weight is 451 g/mol. The monoisotopic (exact) mass is 450 g/mol. The Kier molecular flexibility index (Phi) is 5.08. The second kappa shape index (κ2) is 8.10. The van der Waals surface area contributed by atoms with E-state index in [9.17, 15) is 5.11 Å². The Morgan fingerprint density at radius 1 is 1.16 bits per heavy atom. The Morgan fingerprint density at radius 3 is 2.84 bits per heavy atom. The molecule has 3 aliphatic rings. The maximum Gasteiger partial charge on any atom is 0.138 e. The Bertz CT molecular complexity index is 1160. The van der Waals surface area contributed by atoms with Crippen LogP contribution >= 0.6 is 11.3 Å². The molecule has 1 saturated carbocycles. The molecule has 4 heterocycles. The fourth-order valence-corrected chi connectivity index (χ4v) is 5.92. The first-order chi connectivity index (χ1) is 15.7. The summed E-state index contributed by atoms with van der Waals surface area (Å²) in [6, 6.07) is 8.81. The Morgan fingerprint density at radius 2 is 2.03 bits per heavy atom. The third-order valence-corrected chi connectivity index (χ3v) is 7.96. The standard InChI is InChI=1S/C24H30N6OS/c1-29-8-10-30(11-9-29)15-5-6-18-20(13-15)28-23(27-18)17-14-25-24-16(7-12-32-24)22(17)26-19-3-2-4-21(19)31/h5-7,12-13,19,21,25-26,31H,2-4,8-11,14H2,1H3,(H,27,28)/t19-,21-/m1/s1. The molecule has 0 bridgehead atoms. The second-order valence-electron chi connectivity index (χ2n) is 9.20. The largest absolute Gasteiger partial charge is 0.391 e. The number of benzene rings is 1. The minimum absolute atomic E-state index is 0.0964. The maximum absolute atomic E-state index is 10.4. The number of hydrogen-bond acceptors (Lipinski definition) is 7. The topological polar surface area (TPSA) is 79.4 Å². The summed E-state index contributed by atoms with van der Waals surface area (Å²) in [4.78, 5) is 13.4. The van der Waals surface area contributed by atoms with Crippen molar-refractivity contribution < 1.29 is 5.11 Å². The smallest absolute Gasteiger partial charge is 0.138 e. The quantitative estimate of drug-likeness (QED) is 0.489. The van der Waals surface area contributed by atoms with Crippen molar-refractivity contribution in [1.29, 1.82) is 0 Å². The summed E-state index contributed by atoms with van der Waals surface area (Å²) in [5.41, 5.74) is 6.72. The number of imidazole rings is 1. The average Bonchev–Trinajstić information content (AvgIpc) is 3.54. The van der Waals surface area contributed by atoms with Crippen LogP contribution in [-0.2, 0) is 0 Å². The first-order valence-electron chi connectivity index (χ1n) is 11.6. The van der Waals surface area contributed by atoms with Gasteiger partial charge in [0.15, 0.2) is 0 Å². The molecule has 1 saturated heterocycles. The third-order valence-electron chi connectivity index (χ3n) is 7.09. The molecule has 0 spiro atoms. The Labute approximate surface area is 192 Å². The number of nitrogens with zero attached hydrogens (tertiary/aromatic N) is 3. The number of aliphatic hydroxyl groups is 1. The van der Waals surface area contributed by atoms with E-state index in [1.165, 1.54) is 16.3 Å². The first-order valence-corrected chi connectivity index (χ1v) is 12.5. The lowest BCUT2D eigenvalue weighted by molar-refractivity contribution is 0.156. The number of hydrogen-bond donors (Lipinski definition) is 4. The Hall–Kier alpha value is -2.55. The number of H-pyrrole nitrogens is 1. The SMILES string of the molecule is CN1CCN(c2ccc3nc(C4=C(N[C@@H]5CCC[C@H]5O)c5ccsc5NC4)[nH]c3c2)CC1. The number of aliphatic hydroxyl groups excluding tert-OH is 1. The van der Waals surface area contributed by atoms with Gasteiger partial charge in [-0.05, 0) is 56.0 Å². The molecular weight excluding hydrogens is 420 g/mol. The molecule has 6 rings (SSSR count). The number of likely N-dealkylation sites (N-methyl/N-ethyl adjacent to an activating group) is 1. The van der Waals surface area contributed by atoms with Crippen LogP contribution in [0.5, 0.6) is 0 Å². The van der Waals surface area contributed by atoms with E-state index in [1.807, 2.05) is 0 Å². The first kappa shape index (κ1) is 20.1. The molecule has 7 nitrogen and oxygen atoms in total. The second-order valence-corrected chi connectivity index (χ2v) is 10.1. The van der Waals surface area contributed by atoms with E-state index in [2.05, 4.69) is 62.1 Å². The van der Waals surface area contributed by atoms with Crippen LogP contribution in [0.1, 0.15) is 30.7 Å². The molecule has 8 heteroatoms. The summed E-state index contributed by atoms with van der Waals surface area (Å²) < 4.78 is 0. The van der Waals surface area contributed by atoms with Crippen molar-refractivity contribution in [2.24, 2.45) is 0 Å². The molecule has 4 N–H and O–H groups in total. The molecule has 2 aliphatic heterocycles. The highest BCUT2D eigenvalue weighted by atomic mass is 32.1. The lowest BCUT2D eigenvalue weighted by Gasteiger charge is -2.34. The van der Waals surface area contributed by atoms with Crippen molar-refractivity contribution in [3.8, 4) is 0 Å². The van der Waals surface area contributed by atoms with Crippen LogP contribution in [0.2, 0.25) is 0 Å². The van der Waals surface area contributed by atoms with E-state index in [0.717, 1.165) is 73.6 Å². The van der Waals surface area contributed by atoms with E-state index in [-0.39, 0.29) is 12.1 Å². The number of nitrogens with one attached hydrogen (secondary N) is 3. The van der Waals surface area contributed by atoms with Crippen LogP contribution in [0, 0.1) is 0 Å². The number of thiophene rings is 1. The normalized spacial score (nSPS) is 24.1. The van der Waals surface area contributed by atoms with Gasteiger partial charge < -0.3 is 30.5 Å². The third kappa shape index (κ3) is 3.56. The van der Waals surface area contributed by atoms with Crippen LogP contribution in [-0.4, -0.2) is 71.9 Å². The number of anilines is 2. The molecule has 2 atom stereocenters. The van der Waals surface area contributed by atoms with Crippen molar-refractivity contribution >= 4 is 44.3 Å². The zero-order valence-electron chi connectivity index (χ0n) is 18.4. The van der Waals surface area contributed by atoms with E-state index < -0.39 is 0 Å². The number of fused-ring (bicyclic) bond motifs is 2. The van der Waals surface area contributed by atoms with Gasteiger partial charge >= 0.3 is 0 Å². The number of piperazine rings is 1. The summed E-state index contributed by atoms with van der Waals surface area (Å²) in [5, 5.41) is 21.0. The van der Waals surface area contributed by atoms with E-state index in [4.69, 9.17) is 4.98 Å². The van der Waals surface area contributed by atoms with Crippen LogP contribution in [0.4, 0.5) is 10.7 Å². The van der Waals surface area contributed by atoms with Crippen LogP contribution in [0.15, 0.2) is 29.6 Å². The van der Waals surface area contributed by atoms with E-state index in [1.54, 1.807) is 11.3 Å². The van der Waals surface area contributed by atoms with Gasteiger partial charge in [0.1, 0.15) is 5.82 Å². The van der Waals surface area contributed by atoms with Gasteiger partial charge in [-0.2, -0.15) is 0 Å². The zero-order chi connectivity index (χ0) is 21.7. The molecule has 0 radical (unpaired) electrons. The van der Waals surface area contributed by atoms with Crippen molar-refractivity contribution in [3.63, 3.8) is 0 Å². The van der Waals surface area contributed by atoms with Gasteiger partial charge in [0.05, 0.1) is 33.9 Å². The van der Waals surface area contributed by atoms with Crippen LogP contribution < -0.4 is 15.5 Å². The summed E-state index contributed by atoms with van der Waals surface area (Å²) in [7, 11) is 2.18. The number of aromatic nitrogens is 2. The lowest BCUT2D eigenvalue weighted by Crippen LogP contribution is -2.44. The highest BCUT2D eigenvalue weighted by Gasteiger charge is 2.30. The minimum Gasteiger partial charge on any atom is -0.391 e. The zero-order valence-corrected chi connectivity index (χ0v) is 19.2. The predicted octanol–water partition coefficient (Wildman–Crippen LogP) is 3.17. The van der Waals surface area contributed by atoms with Gasteiger partial charge in [-0.1, -0.05) is 0 Å². The van der Waals surface area contributed by atoms with Crippen LogP contribution in [0.3, 0.4) is 0 Å². The fraction of sp³-hybridized carbons (Fsp3) is 0.458.